The van der Waals surface area contributed by atoms with E-state index in [1.165, 1.54) is 24.5 Å². The van der Waals surface area contributed by atoms with Crippen molar-refractivity contribution in [1.82, 2.24) is 19.6 Å². The predicted molar refractivity (Wildman–Crippen MR) is 106 cm³/mol. The van der Waals surface area contributed by atoms with Crippen LogP contribution in [0, 0.1) is 24.0 Å². The van der Waals surface area contributed by atoms with Crippen molar-refractivity contribution in [2.45, 2.75) is 52.7 Å². The van der Waals surface area contributed by atoms with Gasteiger partial charge in [-0.3, -0.25) is 14.5 Å². The lowest BCUT2D eigenvalue weighted by molar-refractivity contribution is 0.0856. The van der Waals surface area contributed by atoms with Gasteiger partial charge in [-0.2, -0.15) is 5.10 Å². The van der Waals surface area contributed by atoms with Gasteiger partial charge in [0.2, 0.25) is 0 Å². The molecular weight excluding hydrogens is 358 g/mol. The van der Waals surface area contributed by atoms with E-state index in [4.69, 9.17) is 0 Å². The van der Waals surface area contributed by atoms with E-state index in [0.29, 0.717) is 12.1 Å². The van der Waals surface area contributed by atoms with Crippen LogP contribution >= 0.6 is 0 Å². The van der Waals surface area contributed by atoms with Crippen molar-refractivity contribution in [2.75, 3.05) is 26.2 Å². The minimum absolute atomic E-state index is 0.275. The van der Waals surface area contributed by atoms with Crippen LogP contribution in [0.2, 0.25) is 0 Å². The first-order valence-electron chi connectivity index (χ1n) is 10.4. The van der Waals surface area contributed by atoms with Crippen LogP contribution < -0.4 is 0 Å². The molecule has 4 nitrogen and oxygen atoms in total. The normalized spacial score (nSPS) is 23.7. The Labute approximate surface area is 166 Å². The van der Waals surface area contributed by atoms with Crippen molar-refractivity contribution >= 4 is 0 Å². The Morgan fingerprint density at radius 2 is 1.79 bits per heavy atom. The van der Waals surface area contributed by atoms with E-state index >= 15 is 0 Å². The molecule has 1 aromatic heterocycles. The Morgan fingerprint density at radius 1 is 1.04 bits per heavy atom. The Kier molecular flexibility index (Phi) is 5.52. The zero-order valence-corrected chi connectivity index (χ0v) is 16.9. The molecule has 0 amide bonds. The molecule has 2 saturated heterocycles. The molecule has 0 radical (unpaired) electrons. The van der Waals surface area contributed by atoms with Crippen LogP contribution in [0.1, 0.15) is 43.0 Å². The van der Waals surface area contributed by atoms with Crippen LogP contribution in [0.3, 0.4) is 0 Å². The number of likely N-dealkylation sites (tertiary alicyclic amines) is 2. The van der Waals surface area contributed by atoms with Crippen molar-refractivity contribution in [1.29, 1.82) is 0 Å². The van der Waals surface area contributed by atoms with E-state index in [1.807, 2.05) is 4.68 Å². The Morgan fingerprint density at radius 3 is 2.54 bits per heavy atom. The Bertz CT molecular complexity index is 834. The second-order valence-electron chi connectivity index (χ2n) is 8.58. The van der Waals surface area contributed by atoms with E-state index in [1.54, 1.807) is 12.1 Å². The summed E-state index contributed by atoms with van der Waals surface area (Å²) in [6.45, 7) is 10.6. The average Bonchev–Trinajstić information content (AvgIpc) is 3.23. The smallest absolute Gasteiger partial charge is 0.163 e. The third-order valence-corrected chi connectivity index (χ3v) is 6.45. The van der Waals surface area contributed by atoms with E-state index in [-0.39, 0.29) is 5.41 Å². The average molecular weight is 389 g/mol. The van der Waals surface area contributed by atoms with Gasteiger partial charge >= 0.3 is 0 Å². The van der Waals surface area contributed by atoms with Crippen LogP contribution in [0.25, 0.3) is 0 Å². The van der Waals surface area contributed by atoms with Crippen molar-refractivity contribution < 1.29 is 8.78 Å². The first-order valence-corrected chi connectivity index (χ1v) is 10.4. The second-order valence-corrected chi connectivity index (χ2v) is 8.58. The molecule has 3 heterocycles. The molecule has 4 rings (SSSR count). The van der Waals surface area contributed by atoms with Gasteiger partial charge in [0.05, 0.1) is 5.69 Å². The van der Waals surface area contributed by atoms with Crippen LogP contribution in [0.15, 0.2) is 24.4 Å². The number of piperidine rings is 1. The highest BCUT2D eigenvalue weighted by Crippen LogP contribution is 2.40. The topological polar surface area (TPSA) is 24.3 Å². The number of aromatic nitrogens is 2. The maximum atomic E-state index is 14.1. The monoisotopic (exact) mass is 388 g/mol. The summed E-state index contributed by atoms with van der Waals surface area (Å²) in [5.41, 5.74) is 3.18. The molecule has 1 spiro atoms. The number of hydrogen-bond donors (Lipinski definition) is 0. The fourth-order valence-electron chi connectivity index (χ4n) is 4.97. The molecular formula is C22H30F2N4. The molecule has 1 unspecified atom stereocenters. The molecule has 2 aromatic rings. The van der Waals surface area contributed by atoms with Gasteiger partial charge in [-0.15, -0.1) is 0 Å². The van der Waals surface area contributed by atoms with E-state index in [2.05, 4.69) is 34.9 Å². The van der Waals surface area contributed by atoms with Gasteiger partial charge in [0.1, 0.15) is 0 Å². The van der Waals surface area contributed by atoms with Crippen molar-refractivity contribution in [3.63, 3.8) is 0 Å². The number of aryl methyl sites for hydroxylation is 2. The van der Waals surface area contributed by atoms with Gasteiger partial charge in [-0.1, -0.05) is 12.1 Å². The molecule has 1 aromatic carbocycles. The maximum absolute atomic E-state index is 14.1. The summed E-state index contributed by atoms with van der Waals surface area (Å²) in [6, 6.07) is 4.49. The zero-order chi connectivity index (χ0) is 19.7. The predicted octanol–water partition coefficient (Wildman–Crippen LogP) is 3.98. The quantitative estimate of drug-likeness (QED) is 0.774. The van der Waals surface area contributed by atoms with Crippen LogP contribution in [0.5, 0.6) is 0 Å². The van der Waals surface area contributed by atoms with Gasteiger partial charge < -0.3 is 0 Å². The number of benzene rings is 1. The zero-order valence-electron chi connectivity index (χ0n) is 16.9. The highest BCUT2D eigenvalue weighted by molar-refractivity contribution is 5.19. The lowest BCUT2D eigenvalue weighted by Gasteiger charge is -2.40. The summed E-state index contributed by atoms with van der Waals surface area (Å²) < 4.78 is 29.6. The molecule has 1 atom stereocenters. The fourth-order valence-corrected chi connectivity index (χ4v) is 4.97. The summed E-state index contributed by atoms with van der Waals surface area (Å²) in [4.78, 5) is 4.85. The summed E-state index contributed by atoms with van der Waals surface area (Å²) in [5.74, 6) is -1.45. The van der Waals surface area contributed by atoms with Gasteiger partial charge in [0, 0.05) is 50.0 Å². The van der Waals surface area contributed by atoms with Gasteiger partial charge in [0.25, 0.3) is 0 Å². The van der Waals surface area contributed by atoms with Crippen molar-refractivity contribution in [3.05, 3.63) is 52.9 Å². The van der Waals surface area contributed by atoms with Crippen molar-refractivity contribution in [2.24, 2.45) is 5.41 Å². The molecule has 6 heteroatoms. The number of nitrogens with zero attached hydrogens (tertiary/aromatic N) is 4. The number of rotatable bonds is 5. The lowest BCUT2D eigenvalue weighted by Crippen LogP contribution is -2.44. The number of halogens is 2. The summed E-state index contributed by atoms with van der Waals surface area (Å²) in [6.07, 6.45) is 5.69. The molecule has 2 fully saturated rings. The third kappa shape index (κ3) is 3.98. The molecule has 152 valence electrons. The first-order chi connectivity index (χ1) is 13.5. The first kappa shape index (κ1) is 19.5. The highest BCUT2D eigenvalue weighted by Gasteiger charge is 2.41. The van der Waals surface area contributed by atoms with E-state index < -0.39 is 11.6 Å². The van der Waals surface area contributed by atoms with Crippen LogP contribution in [-0.2, 0) is 19.6 Å². The van der Waals surface area contributed by atoms with Gasteiger partial charge in [0.15, 0.2) is 11.6 Å². The summed E-state index contributed by atoms with van der Waals surface area (Å²) >= 11 is 0. The van der Waals surface area contributed by atoms with Crippen LogP contribution in [-0.4, -0.2) is 45.8 Å². The molecule has 28 heavy (non-hydrogen) atoms. The van der Waals surface area contributed by atoms with E-state index in [9.17, 15) is 8.78 Å². The van der Waals surface area contributed by atoms with Crippen molar-refractivity contribution in [3.8, 4) is 0 Å². The van der Waals surface area contributed by atoms with Crippen LogP contribution in [0.4, 0.5) is 8.78 Å². The van der Waals surface area contributed by atoms with Gasteiger partial charge in [-0.05, 0) is 57.7 Å². The summed E-state index contributed by atoms with van der Waals surface area (Å²) in [5, 5.41) is 4.57. The minimum Gasteiger partial charge on any atom is -0.298 e. The Hall–Kier alpha value is -1.79. The molecule has 2 aliphatic rings. The second kappa shape index (κ2) is 7.91. The third-order valence-electron chi connectivity index (χ3n) is 6.45. The molecule has 0 saturated carbocycles. The molecule has 0 aliphatic carbocycles. The SMILES string of the molecule is CCn1cc(CN2CCC3(CCCN(Cc4cccc(F)c4F)C3)C2)c(C)n1. The van der Waals surface area contributed by atoms with Gasteiger partial charge in [-0.25, -0.2) is 8.78 Å². The lowest BCUT2D eigenvalue weighted by atomic mass is 9.79. The highest BCUT2D eigenvalue weighted by atomic mass is 19.2. The maximum Gasteiger partial charge on any atom is 0.163 e. The number of hydrogen-bond acceptors (Lipinski definition) is 3. The standard InChI is InChI=1S/C22H30F2N4/c1-3-28-14-19(17(2)25-28)13-27-11-9-22(16-27)8-5-10-26(15-22)12-18-6-4-7-20(23)21(18)24/h4,6-7,14H,3,5,8-13,15-16H2,1-2H3. The Balaban J connectivity index is 1.40. The van der Waals surface area contributed by atoms with E-state index in [0.717, 1.165) is 51.4 Å². The summed E-state index contributed by atoms with van der Waals surface area (Å²) in [7, 11) is 0. The molecule has 0 N–H and O–H groups in total. The minimum atomic E-state index is -0.751. The largest absolute Gasteiger partial charge is 0.298 e. The molecule has 2 aliphatic heterocycles. The molecule has 0 bridgehead atoms. The fraction of sp³-hybridized carbons (Fsp3) is 0.591.